The third kappa shape index (κ3) is 3.66. The van der Waals surface area contributed by atoms with Crippen LogP contribution in [0.4, 0.5) is 0 Å². The van der Waals surface area contributed by atoms with Crippen molar-refractivity contribution in [2.45, 2.75) is 32.9 Å². The average molecular weight is 388 g/mol. The molecule has 0 saturated heterocycles. The Labute approximate surface area is 168 Å². The smallest absolute Gasteiger partial charge is 0.291 e. The molecule has 6 nitrogen and oxygen atoms in total. The lowest BCUT2D eigenvalue weighted by Gasteiger charge is -2.09. The van der Waals surface area contributed by atoms with Crippen molar-refractivity contribution in [2.75, 3.05) is 0 Å². The summed E-state index contributed by atoms with van der Waals surface area (Å²) in [7, 11) is 1.66. The van der Waals surface area contributed by atoms with Crippen LogP contribution < -0.4 is 10.9 Å². The average Bonchev–Trinajstić information content (AvgIpc) is 3.05. The highest BCUT2D eigenvalue weighted by Gasteiger charge is 2.15. The van der Waals surface area contributed by atoms with Gasteiger partial charge >= 0.3 is 0 Å². The molecule has 4 rings (SSSR count). The Hall–Kier alpha value is -3.41. The van der Waals surface area contributed by atoms with Crippen molar-refractivity contribution in [3.63, 3.8) is 0 Å². The Kier molecular flexibility index (Phi) is 5.16. The first-order valence-corrected chi connectivity index (χ1v) is 9.80. The predicted molar refractivity (Wildman–Crippen MR) is 115 cm³/mol. The van der Waals surface area contributed by atoms with Crippen LogP contribution >= 0.6 is 0 Å². The van der Waals surface area contributed by atoms with Crippen LogP contribution in [0.1, 0.15) is 24.0 Å². The van der Waals surface area contributed by atoms with Crippen molar-refractivity contribution in [1.29, 1.82) is 0 Å². The zero-order valence-electron chi connectivity index (χ0n) is 16.7. The van der Waals surface area contributed by atoms with Crippen molar-refractivity contribution < 1.29 is 4.79 Å². The number of benzene rings is 2. The van der Waals surface area contributed by atoms with Gasteiger partial charge in [-0.05, 0) is 30.5 Å². The minimum Gasteiger partial charge on any atom is -0.352 e. The Bertz CT molecular complexity index is 1250. The second kappa shape index (κ2) is 7.91. The maximum Gasteiger partial charge on any atom is 0.291 e. The van der Waals surface area contributed by atoms with E-state index in [2.05, 4.69) is 10.4 Å². The van der Waals surface area contributed by atoms with Gasteiger partial charge in [0.1, 0.15) is 5.52 Å². The summed E-state index contributed by atoms with van der Waals surface area (Å²) >= 11 is 0. The number of amides is 1. The zero-order valence-corrected chi connectivity index (χ0v) is 16.7. The van der Waals surface area contributed by atoms with Gasteiger partial charge in [-0.3, -0.25) is 9.59 Å². The van der Waals surface area contributed by atoms with E-state index in [0.717, 1.165) is 21.9 Å². The van der Waals surface area contributed by atoms with Gasteiger partial charge in [-0.1, -0.05) is 42.5 Å². The van der Waals surface area contributed by atoms with Crippen LogP contribution in [0.15, 0.2) is 59.5 Å². The molecule has 2 aromatic heterocycles. The van der Waals surface area contributed by atoms with Gasteiger partial charge in [0, 0.05) is 42.8 Å². The number of hydrogen-bond acceptors (Lipinski definition) is 3. The van der Waals surface area contributed by atoms with Gasteiger partial charge in [-0.25, -0.2) is 4.68 Å². The van der Waals surface area contributed by atoms with Crippen molar-refractivity contribution in [2.24, 2.45) is 7.05 Å². The molecule has 0 spiro atoms. The molecule has 148 valence electrons. The molecular weight excluding hydrogens is 364 g/mol. The first-order valence-electron chi connectivity index (χ1n) is 9.80. The lowest BCUT2D eigenvalue weighted by molar-refractivity contribution is -0.121. The van der Waals surface area contributed by atoms with Gasteiger partial charge < -0.3 is 9.88 Å². The van der Waals surface area contributed by atoms with Gasteiger partial charge in [0.25, 0.3) is 5.56 Å². The van der Waals surface area contributed by atoms with Crippen molar-refractivity contribution in [1.82, 2.24) is 19.7 Å². The Morgan fingerprint density at radius 1 is 1.07 bits per heavy atom. The molecule has 0 aliphatic carbocycles. The van der Waals surface area contributed by atoms with E-state index < -0.39 is 0 Å². The fourth-order valence-electron chi connectivity index (χ4n) is 3.76. The van der Waals surface area contributed by atoms with Crippen LogP contribution in [0.2, 0.25) is 0 Å². The number of aromatic nitrogens is 3. The molecular formula is C23H24N4O2. The summed E-state index contributed by atoms with van der Waals surface area (Å²) in [6.07, 6.45) is 2.80. The van der Waals surface area contributed by atoms with Gasteiger partial charge in [-0.2, -0.15) is 5.10 Å². The highest BCUT2D eigenvalue weighted by Crippen LogP contribution is 2.26. The Morgan fingerprint density at radius 2 is 1.83 bits per heavy atom. The minimum atomic E-state index is -0.122. The largest absolute Gasteiger partial charge is 0.352 e. The molecule has 0 saturated carbocycles. The summed E-state index contributed by atoms with van der Waals surface area (Å²) in [5.41, 5.74) is 3.81. The molecule has 0 bridgehead atoms. The quantitative estimate of drug-likeness (QED) is 0.551. The summed E-state index contributed by atoms with van der Waals surface area (Å²) in [5, 5.41) is 9.02. The summed E-state index contributed by atoms with van der Waals surface area (Å²) in [6, 6.07) is 16.0. The van der Waals surface area contributed by atoms with Gasteiger partial charge in [0.15, 0.2) is 0 Å². The van der Waals surface area contributed by atoms with Crippen LogP contribution in [-0.4, -0.2) is 20.3 Å². The van der Waals surface area contributed by atoms with E-state index in [4.69, 9.17) is 0 Å². The number of hydrogen-bond donors (Lipinski definition) is 1. The lowest BCUT2D eigenvalue weighted by Crippen LogP contribution is -2.24. The summed E-state index contributed by atoms with van der Waals surface area (Å²) < 4.78 is 3.37. The number of nitrogens with one attached hydrogen (secondary N) is 1. The van der Waals surface area contributed by atoms with E-state index >= 15 is 0 Å². The third-order valence-corrected chi connectivity index (χ3v) is 5.39. The zero-order chi connectivity index (χ0) is 20.4. The molecule has 0 atom stereocenters. The molecule has 0 aliphatic heterocycles. The molecule has 0 radical (unpaired) electrons. The fraction of sp³-hybridized carbons (Fsp3) is 0.261. The van der Waals surface area contributed by atoms with Gasteiger partial charge in [-0.15, -0.1) is 0 Å². The molecule has 0 fully saturated rings. The second-order valence-electron chi connectivity index (χ2n) is 7.31. The van der Waals surface area contributed by atoms with Gasteiger partial charge in [0.2, 0.25) is 5.91 Å². The summed E-state index contributed by atoms with van der Waals surface area (Å²) in [6.45, 7) is 3.17. The van der Waals surface area contributed by atoms with E-state index in [1.807, 2.05) is 60.0 Å². The molecule has 0 aliphatic rings. The first-order chi connectivity index (χ1) is 14.1. The summed E-state index contributed by atoms with van der Waals surface area (Å²) in [4.78, 5) is 25.0. The number of aryl methyl sites for hydroxylation is 3. The molecule has 2 heterocycles. The maximum absolute atomic E-state index is 12.7. The van der Waals surface area contributed by atoms with Gasteiger partial charge in [0.05, 0.1) is 6.20 Å². The highest BCUT2D eigenvalue weighted by atomic mass is 16.1. The van der Waals surface area contributed by atoms with E-state index in [0.29, 0.717) is 31.4 Å². The topological polar surface area (TPSA) is 68.9 Å². The number of fused-ring (bicyclic) bond motifs is 3. The van der Waals surface area contributed by atoms with Crippen molar-refractivity contribution in [3.05, 3.63) is 76.2 Å². The molecule has 2 aromatic carbocycles. The lowest BCUT2D eigenvalue weighted by atomic mass is 10.1. The van der Waals surface area contributed by atoms with Crippen LogP contribution in [0, 0.1) is 6.92 Å². The maximum atomic E-state index is 12.7. The van der Waals surface area contributed by atoms with E-state index in [1.54, 1.807) is 13.2 Å². The Morgan fingerprint density at radius 3 is 2.66 bits per heavy atom. The molecule has 6 heteroatoms. The standard InChI is InChI=1S/C23H24N4O2/c1-16-8-3-4-9-17(16)14-24-21(28)12-7-13-27-20-11-6-5-10-18(20)19-15-25-26(2)23(29)22(19)27/h3-6,8-11,15H,7,12-14H2,1-2H3,(H,24,28). The minimum absolute atomic E-state index is 0.0172. The van der Waals surface area contributed by atoms with Crippen molar-refractivity contribution >= 4 is 27.7 Å². The van der Waals surface area contributed by atoms with E-state index in [1.165, 1.54) is 10.2 Å². The van der Waals surface area contributed by atoms with E-state index in [-0.39, 0.29) is 11.5 Å². The summed E-state index contributed by atoms with van der Waals surface area (Å²) in [5.74, 6) is 0.0172. The number of rotatable bonds is 6. The third-order valence-electron chi connectivity index (χ3n) is 5.39. The monoisotopic (exact) mass is 388 g/mol. The fourth-order valence-corrected chi connectivity index (χ4v) is 3.76. The van der Waals surface area contributed by atoms with Crippen LogP contribution in [0.25, 0.3) is 21.8 Å². The highest BCUT2D eigenvalue weighted by molar-refractivity contribution is 6.07. The first kappa shape index (κ1) is 18.9. The predicted octanol–water partition coefficient (Wildman–Crippen LogP) is 3.29. The number of para-hydroxylation sites is 1. The number of carbonyl (C=O) groups excluding carboxylic acids is 1. The van der Waals surface area contributed by atoms with Crippen LogP contribution in [-0.2, 0) is 24.9 Å². The second-order valence-corrected chi connectivity index (χ2v) is 7.31. The van der Waals surface area contributed by atoms with E-state index in [9.17, 15) is 9.59 Å². The molecule has 0 unspecified atom stereocenters. The Balaban J connectivity index is 1.49. The SMILES string of the molecule is Cc1ccccc1CNC(=O)CCCn1c2ccccc2c2cnn(C)c(=O)c21. The van der Waals surface area contributed by atoms with Crippen LogP contribution in [0.3, 0.4) is 0 Å². The number of nitrogens with zero attached hydrogens (tertiary/aromatic N) is 3. The van der Waals surface area contributed by atoms with Crippen LogP contribution in [0.5, 0.6) is 0 Å². The molecule has 1 N–H and O–H groups in total. The normalized spacial score (nSPS) is 11.2. The number of carbonyl (C=O) groups is 1. The molecule has 4 aromatic rings. The molecule has 1 amide bonds. The van der Waals surface area contributed by atoms with Crippen molar-refractivity contribution in [3.8, 4) is 0 Å². The molecule has 29 heavy (non-hydrogen) atoms.